The lowest BCUT2D eigenvalue weighted by Crippen LogP contribution is -2.22. The molecule has 20 heavy (non-hydrogen) atoms. The van der Waals surface area contributed by atoms with Gasteiger partial charge in [0.1, 0.15) is 11.6 Å². The summed E-state index contributed by atoms with van der Waals surface area (Å²) in [5.74, 6) is -0.877. The minimum atomic E-state index is -0.732. The molecule has 0 unspecified atom stereocenters. The van der Waals surface area contributed by atoms with E-state index in [0.29, 0.717) is 18.3 Å². The number of nitrogens with one attached hydrogen (secondary N) is 1. The van der Waals surface area contributed by atoms with Crippen LogP contribution in [-0.2, 0) is 6.54 Å². The lowest BCUT2D eigenvalue weighted by Gasteiger charge is -2.13. The minimum absolute atomic E-state index is 0.0107. The second-order valence-corrected chi connectivity index (χ2v) is 4.70. The molecular formula is C15H16F2N2O. The number of pyridine rings is 1. The van der Waals surface area contributed by atoms with Gasteiger partial charge in [0.25, 0.3) is 0 Å². The van der Waals surface area contributed by atoms with Crippen LogP contribution in [0.2, 0.25) is 0 Å². The van der Waals surface area contributed by atoms with Gasteiger partial charge in [-0.25, -0.2) is 8.78 Å². The molecule has 5 heteroatoms. The average Bonchev–Trinajstić information content (AvgIpc) is 2.41. The van der Waals surface area contributed by atoms with Gasteiger partial charge in [-0.05, 0) is 18.2 Å². The van der Waals surface area contributed by atoms with E-state index in [0.717, 1.165) is 17.7 Å². The van der Waals surface area contributed by atoms with Gasteiger partial charge in [0.15, 0.2) is 11.6 Å². The summed E-state index contributed by atoms with van der Waals surface area (Å²) in [6, 6.07) is 5.18. The highest BCUT2D eigenvalue weighted by molar-refractivity contribution is 5.36. The summed E-state index contributed by atoms with van der Waals surface area (Å²) in [6.07, 6.45) is 3.22. The van der Waals surface area contributed by atoms with Gasteiger partial charge < -0.3 is 10.1 Å². The van der Waals surface area contributed by atoms with Gasteiger partial charge in [-0.3, -0.25) is 4.98 Å². The third kappa shape index (κ3) is 3.74. The van der Waals surface area contributed by atoms with Crippen LogP contribution in [0.3, 0.4) is 0 Å². The first-order chi connectivity index (χ1) is 9.56. The molecule has 0 radical (unpaired) electrons. The van der Waals surface area contributed by atoms with Crippen LogP contribution in [0.25, 0.3) is 0 Å². The average molecular weight is 278 g/mol. The van der Waals surface area contributed by atoms with Gasteiger partial charge in [-0.15, -0.1) is 0 Å². The lowest BCUT2D eigenvalue weighted by molar-refractivity contribution is 0.429. The summed E-state index contributed by atoms with van der Waals surface area (Å²) < 4.78 is 32.0. The quantitative estimate of drug-likeness (QED) is 0.906. The number of ether oxygens (including phenoxy) is 1. The standard InChI is InChI=1S/C15H16F2N2O/c1-10(2)19-9-11-8-18-6-5-14(11)20-15-4-3-12(16)7-13(15)17/h3-8,10,19H,9H2,1-2H3. The zero-order chi connectivity index (χ0) is 14.5. The van der Waals surface area contributed by atoms with Crippen LogP contribution in [0.15, 0.2) is 36.7 Å². The Labute approximate surface area is 116 Å². The Balaban J connectivity index is 2.20. The fraction of sp³-hybridized carbons (Fsp3) is 0.267. The van der Waals surface area contributed by atoms with Crippen molar-refractivity contribution >= 4 is 0 Å². The van der Waals surface area contributed by atoms with E-state index in [-0.39, 0.29) is 5.75 Å². The molecule has 106 valence electrons. The highest BCUT2D eigenvalue weighted by atomic mass is 19.1. The molecule has 1 aromatic heterocycles. The van der Waals surface area contributed by atoms with E-state index in [2.05, 4.69) is 10.3 Å². The number of benzene rings is 1. The molecule has 0 fully saturated rings. The zero-order valence-electron chi connectivity index (χ0n) is 11.4. The van der Waals surface area contributed by atoms with Crippen LogP contribution in [0.4, 0.5) is 8.78 Å². The van der Waals surface area contributed by atoms with Crippen molar-refractivity contribution in [1.29, 1.82) is 0 Å². The van der Waals surface area contributed by atoms with Crippen molar-refractivity contribution in [2.75, 3.05) is 0 Å². The van der Waals surface area contributed by atoms with Crippen LogP contribution in [0.1, 0.15) is 19.4 Å². The van der Waals surface area contributed by atoms with E-state index in [1.807, 2.05) is 13.8 Å². The molecular weight excluding hydrogens is 262 g/mol. The second kappa shape index (κ2) is 6.43. The van der Waals surface area contributed by atoms with Crippen molar-refractivity contribution in [1.82, 2.24) is 10.3 Å². The van der Waals surface area contributed by atoms with Gasteiger partial charge >= 0.3 is 0 Å². The van der Waals surface area contributed by atoms with Crippen LogP contribution in [-0.4, -0.2) is 11.0 Å². The first-order valence-electron chi connectivity index (χ1n) is 6.35. The maximum Gasteiger partial charge on any atom is 0.168 e. The number of rotatable bonds is 5. The van der Waals surface area contributed by atoms with Crippen molar-refractivity contribution in [3.8, 4) is 11.5 Å². The third-order valence-electron chi connectivity index (χ3n) is 2.67. The van der Waals surface area contributed by atoms with E-state index in [1.165, 1.54) is 6.07 Å². The Morgan fingerprint density at radius 3 is 2.70 bits per heavy atom. The number of hydrogen-bond donors (Lipinski definition) is 1. The van der Waals surface area contributed by atoms with Crippen molar-refractivity contribution in [2.24, 2.45) is 0 Å². The van der Waals surface area contributed by atoms with Crippen LogP contribution >= 0.6 is 0 Å². The van der Waals surface area contributed by atoms with Gasteiger partial charge in [0, 0.05) is 36.6 Å². The molecule has 0 saturated carbocycles. The lowest BCUT2D eigenvalue weighted by atomic mass is 10.2. The zero-order valence-corrected chi connectivity index (χ0v) is 11.4. The fourth-order valence-corrected chi connectivity index (χ4v) is 1.64. The SMILES string of the molecule is CC(C)NCc1cnccc1Oc1ccc(F)cc1F. The number of halogens is 2. The predicted molar refractivity (Wildman–Crippen MR) is 72.6 cm³/mol. The Kier molecular flexibility index (Phi) is 4.63. The smallest absolute Gasteiger partial charge is 0.168 e. The Hall–Kier alpha value is -2.01. The van der Waals surface area contributed by atoms with Crippen molar-refractivity contribution in [3.63, 3.8) is 0 Å². The Morgan fingerprint density at radius 2 is 2.00 bits per heavy atom. The topological polar surface area (TPSA) is 34.2 Å². The number of aromatic nitrogens is 1. The molecule has 1 heterocycles. The number of nitrogens with zero attached hydrogens (tertiary/aromatic N) is 1. The van der Waals surface area contributed by atoms with E-state index in [9.17, 15) is 8.78 Å². The van der Waals surface area contributed by atoms with E-state index >= 15 is 0 Å². The molecule has 0 bridgehead atoms. The molecule has 0 saturated heterocycles. The second-order valence-electron chi connectivity index (χ2n) is 4.70. The van der Waals surface area contributed by atoms with Crippen LogP contribution in [0.5, 0.6) is 11.5 Å². The summed E-state index contributed by atoms with van der Waals surface area (Å²) in [4.78, 5) is 4.03. The summed E-state index contributed by atoms with van der Waals surface area (Å²) in [7, 11) is 0. The normalized spacial score (nSPS) is 10.8. The van der Waals surface area contributed by atoms with Crippen molar-refractivity contribution in [2.45, 2.75) is 26.4 Å². The fourth-order valence-electron chi connectivity index (χ4n) is 1.64. The third-order valence-corrected chi connectivity index (χ3v) is 2.67. The van der Waals surface area contributed by atoms with Crippen LogP contribution in [0, 0.1) is 11.6 Å². The molecule has 3 nitrogen and oxygen atoms in total. The largest absolute Gasteiger partial charge is 0.454 e. The molecule has 2 aromatic rings. The van der Waals surface area contributed by atoms with E-state index < -0.39 is 11.6 Å². The summed E-state index contributed by atoms with van der Waals surface area (Å²) in [6.45, 7) is 4.61. The molecule has 0 amide bonds. The van der Waals surface area contributed by atoms with Crippen molar-refractivity contribution in [3.05, 3.63) is 53.9 Å². The Bertz CT molecular complexity index is 588. The minimum Gasteiger partial charge on any atom is -0.454 e. The summed E-state index contributed by atoms with van der Waals surface area (Å²) in [5, 5.41) is 3.24. The maximum absolute atomic E-state index is 13.6. The Morgan fingerprint density at radius 1 is 1.20 bits per heavy atom. The molecule has 2 rings (SSSR count). The van der Waals surface area contributed by atoms with Crippen molar-refractivity contribution < 1.29 is 13.5 Å². The molecule has 0 spiro atoms. The molecule has 0 aliphatic rings. The summed E-state index contributed by atoms with van der Waals surface area (Å²) in [5.41, 5.74) is 0.810. The molecule has 0 atom stereocenters. The van der Waals surface area contributed by atoms with Gasteiger partial charge in [-0.2, -0.15) is 0 Å². The molecule has 1 aromatic carbocycles. The monoisotopic (exact) mass is 278 g/mol. The first kappa shape index (κ1) is 14.4. The highest BCUT2D eigenvalue weighted by Gasteiger charge is 2.10. The first-order valence-corrected chi connectivity index (χ1v) is 6.35. The van der Waals surface area contributed by atoms with E-state index in [1.54, 1.807) is 18.5 Å². The van der Waals surface area contributed by atoms with E-state index in [4.69, 9.17) is 4.74 Å². The van der Waals surface area contributed by atoms with Crippen LogP contribution < -0.4 is 10.1 Å². The van der Waals surface area contributed by atoms with Gasteiger partial charge in [-0.1, -0.05) is 13.8 Å². The molecule has 1 N–H and O–H groups in total. The summed E-state index contributed by atoms with van der Waals surface area (Å²) >= 11 is 0. The molecule has 0 aliphatic carbocycles. The van der Waals surface area contributed by atoms with Gasteiger partial charge in [0.05, 0.1) is 0 Å². The predicted octanol–water partition coefficient (Wildman–Crippen LogP) is 3.65. The number of hydrogen-bond acceptors (Lipinski definition) is 3. The molecule has 0 aliphatic heterocycles. The highest BCUT2D eigenvalue weighted by Crippen LogP contribution is 2.27. The maximum atomic E-state index is 13.6. The van der Waals surface area contributed by atoms with Gasteiger partial charge in [0.2, 0.25) is 0 Å².